The Bertz CT molecular complexity index is 1240. The lowest BCUT2D eigenvalue weighted by molar-refractivity contribution is -0.151. The number of esters is 1. The molecule has 6 nitrogen and oxygen atoms in total. The van der Waals surface area contributed by atoms with Crippen LogP contribution in [-0.2, 0) is 16.0 Å². The second-order valence-corrected chi connectivity index (χ2v) is 11.8. The molecule has 0 amide bonds. The van der Waals surface area contributed by atoms with Gasteiger partial charge in [-0.25, -0.2) is 9.97 Å². The van der Waals surface area contributed by atoms with Gasteiger partial charge in [0.1, 0.15) is 16.7 Å². The first-order valence-electron chi connectivity index (χ1n) is 13.4. The van der Waals surface area contributed by atoms with Crippen molar-refractivity contribution in [2.75, 3.05) is 29.8 Å². The SMILES string of the molecule is CCC[C@@](C)(CN1CCCCCCc2ccccc2-c2nc(ccc2Br)NSc2cccc1n2)C(=O)OC. The van der Waals surface area contributed by atoms with Gasteiger partial charge in [0.15, 0.2) is 0 Å². The van der Waals surface area contributed by atoms with E-state index in [1.807, 2.05) is 37.3 Å². The molecule has 202 valence electrons. The van der Waals surface area contributed by atoms with Crippen LogP contribution in [0.3, 0.4) is 0 Å². The molecule has 1 N–H and O–H groups in total. The number of aryl methyl sites for hydroxylation is 1. The third-order valence-electron chi connectivity index (χ3n) is 7.06. The fraction of sp³-hybridized carbons (Fsp3) is 0.433. The van der Waals surface area contributed by atoms with Gasteiger partial charge in [-0.15, -0.1) is 0 Å². The molecule has 0 fully saturated rings. The Morgan fingerprint density at radius 2 is 1.89 bits per heavy atom. The third kappa shape index (κ3) is 7.08. The van der Waals surface area contributed by atoms with Gasteiger partial charge in [-0.1, -0.05) is 56.5 Å². The maximum Gasteiger partial charge on any atom is 0.313 e. The molecule has 38 heavy (non-hydrogen) atoms. The zero-order chi connectivity index (χ0) is 27.0. The van der Waals surface area contributed by atoms with Crippen LogP contribution in [0.2, 0.25) is 0 Å². The maximum absolute atomic E-state index is 12.8. The molecule has 1 atom stereocenters. The summed E-state index contributed by atoms with van der Waals surface area (Å²) in [6.07, 6.45) is 7.11. The predicted octanol–water partition coefficient (Wildman–Crippen LogP) is 7.93. The molecule has 4 rings (SSSR count). The number of halogens is 1. The second-order valence-electron chi connectivity index (χ2n) is 10.1. The minimum Gasteiger partial charge on any atom is -0.469 e. The van der Waals surface area contributed by atoms with Crippen LogP contribution in [0.15, 0.2) is 64.1 Å². The molecule has 8 heteroatoms. The number of rotatable bonds is 5. The highest BCUT2D eigenvalue weighted by Crippen LogP contribution is 2.33. The molecule has 3 heterocycles. The summed E-state index contributed by atoms with van der Waals surface area (Å²) in [5.74, 6) is 1.49. The number of hydrogen-bond acceptors (Lipinski definition) is 7. The average Bonchev–Trinajstić information content (AvgIpc) is 2.93. The summed E-state index contributed by atoms with van der Waals surface area (Å²) in [6.45, 7) is 5.54. The largest absolute Gasteiger partial charge is 0.469 e. The van der Waals surface area contributed by atoms with Gasteiger partial charge in [-0.3, -0.25) is 4.79 Å². The van der Waals surface area contributed by atoms with Gasteiger partial charge in [-0.2, -0.15) is 0 Å². The summed E-state index contributed by atoms with van der Waals surface area (Å²) >= 11 is 5.16. The fourth-order valence-corrected chi connectivity index (χ4v) is 6.15. The van der Waals surface area contributed by atoms with Gasteiger partial charge >= 0.3 is 5.97 Å². The summed E-state index contributed by atoms with van der Waals surface area (Å²) in [7, 11) is 1.48. The Morgan fingerprint density at radius 3 is 2.71 bits per heavy atom. The Labute approximate surface area is 239 Å². The summed E-state index contributed by atoms with van der Waals surface area (Å²) in [5, 5.41) is 0.846. The van der Waals surface area contributed by atoms with Crippen LogP contribution < -0.4 is 9.62 Å². The number of benzene rings is 1. The normalized spacial score (nSPS) is 15.9. The van der Waals surface area contributed by atoms with E-state index in [1.54, 1.807) is 0 Å². The average molecular weight is 598 g/mol. The molecule has 0 aliphatic carbocycles. The number of anilines is 2. The van der Waals surface area contributed by atoms with E-state index in [0.717, 1.165) is 78.3 Å². The second kappa shape index (κ2) is 13.5. The number of nitrogens with one attached hydrogen (secondary N) is 1. The van der Waals surface area contributed by atoms with Crippen molar-refractivity contribution in [3.8, 4) is 11.3 Å². The number of pyridine rings is 2. The molecular weight excluding hydrogens is 560 g/mol. The van der Waals surface area contributed by atoms with Crippen LogP contribution >= 0.6 is 27.9 Å². The Hall–Kier alpha value is -2.58. The molecule has 1 aliphatic heterocycles. The highest BCUT2D eigenvalue weighted by atomic mass is 79.9. The van der Waals surface area contributed by atoms with Crippen molar-refractivity contribution in [3.63, 3.8) is 0 Å². The minimum absolute atomic E-state index is 0.161. The van der Waals surface area contributed by atoms with Gasteiger partial charge in [0.2, 0.25) is 0 Å². The van der Waals surface area contributed by atoms with Gasteiger partial charge in [0, 0.05) is 35.1 Å². The first-order chi connectivity index (χ1) is 18.4. The molecule has 3 aromatic rings. The monoisotopic (exact) mass is 596 g/mol. The molecule has 0 radical (unpaired) electrons. The van der Waals surface area contributed by atoms with Crippen molar-refractivity contribution < 1.29 is 9.53 Å². The van der Waals surface area contributed by atoms with Crippen molar-refractivity contribution >= 4 is 45.5 Å². The lowest BCUT2D eigenvalue weighted by Crippen LogP contribution is -2.42. The summed E-state index contributed by atoms with van der Waals surface area (Å²) < 4.78 is 9.58. The van der Waals surface area contributed by atoms with Gasteiger partial charge in [0.25, 0.3) is 0 Å². The first-order valence-corrected chi connectivity index (χ1v) is 15.0. The number of carbonyl (C=O) groups excluding carboxylic acids is 1. The number of nitrogens with zero attached hydrogens (tertiary/aromatic N) is 3. The molecule has 0 saturated heterocycles. The predicted molar refractivity (Wildman–Crippen MR) is 161 cm³/mol. The molecule has 0 spiro atoms. The molecule has 1 aromatic carbocycles. The van der Waals surface area contributed by atoms with Crippen LogP contribution in [0.5, 0.6) is 0 Å². The summed E-state index contributed by atoms with van der Waals surface area (Å²) in [5.41, 5.74) is 2.84. The van der Waals surface area contributed by atoms with Crippen LogP contribution in [-0.4, -0.2) is 36.1 Å². The number of hydrogen-bond donors (Lipinski definition) is 1. The molecule has 4 bridgehead atoms. The van der Waals surface area contributed by atoms with E-state index in [2.05, 4.69) is 56.7 Å². The standard InChI is InChI=1S/C30H37BrN4O2S/c1-4-19-30(2,29(36)37-3)21-35-20-10-6-5-7-12-22-13-8-9-14-23(22)28-24(31)17-18-25(32-28)34-38-27-16-11-15-26(35)33-27/h8-9,11,13-18H,4-7,10,12,19-21H2,1-3H3,(H,32,34)/t30-/m0/s1. The quantitative estimate of drug-likeness (QED) is 0.237. The Balaban J connectivity index is 1.65. The molecular formula is C30H37BrN4O2S. The lowest BCUT2D eigenvalue weighted by atomic mass is 9.85. The Kier molecular flexibility index (Phi) is 10.1. The zero-order valence-electron chi connectivity index (χ0n) is 22.5. The topological polar surface area (TPSA) is 67.4 Å². The van der Waals surface area contributed by atoms with Crippen LogP contribution in [0.25, 0.3) is 11.3 Å². The van der Waals surface area contributed by atoms with E-state index >= 15 is 0 Å². The molecule has 0 saturated carbocycles. The maximum atomic E-state index is 12.8. The highest BCUT2D eigenvalue weighted by Gasteiger charge is 2.36. The number of carbonyl (C=O) groups is 1. The first kappa shape index (κ1) is 28.4. The zero-order valence-corrected chi connectivity index (χ0v) is 24.9. The van der Waals surface area contributed by atoms with E-state index in [4.69, 9.17) is 14.7 Å². The van der Waals surface area contributed by atoms with E-state index < -0.39 is 5.41 Å². The molecule has 1 aliphatic rings. The van der Waals surface area contributed by atoms with Crippen molar-refractivity contribution in [2.24, 2.45) is 5.41 Å². The van der Waals surface area contributed by atoms with E-state index in [0.29, 0.717) is 6.54 Å². The van der Waals surface area contributed by atoms with Crippen LogP contribution in [0.1, 0.15) is 57.9 Å². The van der Waals surface area contributed by atoms with Crippen molar-refractivity contribution in [2.45, 2.75) is 63.8 Å². The van der Waals surface area contributed by atoms with Crippen molar-refractivity contribution in [3.05, 3.63) is 64.6 Å². The molecule has 2 aromatic heterocycles. The van der Waals surface area contributed by atoms with Crippen molar-refractivity contribution in [1.82, 2.24) is 9.97 Å². The van der Waals surface area contributed by atoms with Crippen LogP contribution in [0.4, 0.5) is 11.6 Å². The molecule has 0 unspecified atom stereocenters. The van der Waals surface area contributed by atoms with E-state index in [1.165, 1.54) is 30.2 Å². The van der Waals surface area contributed by atoms with Gasteiger partial charge < -0.3 is 14.4 Å². The summed E-state index contributed by atoms with van der Waals surface area (Å²) in [4.78, 5) is 25.0. The minimum atomic E-state index is -0.590. The fourth-order valence-electron chi connectivity index (χ4n) is 5.11. The van der Waals surface area contributed by atoms with E-state index in [9.17, 15) is 4.79 Å². The van der Waals surface area contributed by atoms with E-state index in [-0.39, 0.29) is 5.97 Å². The number of methoxy groups -OCH3 is 1. The van der Waals surface area contributed by atoms with Crippen LogP contribution in [0, 0.1) is 5.41 Å². The smallest absolute Gasteiger partial charge is 0.313 e. The number of fused-ring (bicyclic) bond motifs is 6. The lowest BCUT2D eigenvalue weighted by Gasteiger charge is -2.34. The Morgan fingerprint density at radius 1 is 1.08 bits per heavy atom. The number of ether oxygens (including phenoxy) is 1. The van der Waals surface area contributed by atoms with Gasteiger partial charge in [-0.05, 0) is 78.4 Å². The summed E-state index contributed by atoms with van der Waals surface area (Å²) in [6, 6.07) is 18.6. The van der Waals surface area contributed by atoms with Crippen molar-refractivity contribution in [1.29, 1.82) is 0 Å². The van der Waals surface area contributed by atoms with Gasteiger partial charge in [0.05, 0.1) is 18.2 Å². The third-order valence-corrected chi connectivity index (χ3v) is 8.44. The highest BCUT2D eigenvalue weighted by molar-refractivity contribution is 9.10. The number of aromatic nitrogens is 2.